The molecule has 1 N–H and O–H groups in total. The maximum absolute atomic E-state index is 13.7. The van der Waals surface area contributed by atoms with E-state index in [0.717, 1.165) is 63.8 Å². The molecule has 0 saturated carbocycles. The van der Waals surface area contributed by atoms with Crippen LogP contribution < -0.4 is 0 Å². The van der Waals surface area contributed by atoms with Crippen LogP contribution in [0.3, 0.4) is 0 Å². The number of carbonyl (C=O) groups is 2. The van der Waals surface area contributed by atoms with Crippen LogP contribution in [0.15, 0.2) is 48.9 Å². The summed E-state index contributed by atoms with van der Waals surface area (Å²) in [7, 11) is 1.62. The lowest BCUT2D eigenvalue weighted by molar-refractivity contribution is 0.0222. The number of fused-ring (bicyclic) bond motifs is 2. The van der Waals surface area contributed by atoms with Crippen LogP contribution in [0.4, 0.5) is 4.79 Å². The number of aryl methyl sites for hydroxylation is 1. The van der Waals surface area contributed by atoms with E-state index in [9.17, 15) is 9.59 Å². The molecule has 9 nitrogen and oxygen atoms in total. The SMILES string of the molecule is COCc1cc(C(=O)N2CCc3cc(-c4cnc5[nH]cc(C)c5c4)cc(C4CCCN4C(=O)OC(C)(C)C)c3C2)ccn1. The molecule has 0 radical (unpaired) electrons. The highest BCUT2D eigenvalue weighted by Gasteiger charge is 2.36. The first-order valence-corrected chi connectivity index (χ1v) is 14.9. The number of hydrogen-bond acceptors (Lipinski definition) is 6. The van der Waals surface area contributed by atoms with Gasteiger partial charge in [-0.05, 0) is 99.0 Å². The first-order valence-electron chi connectivity index (χ1n) is 14.9. The first-order chi connectivity index (χ1) is 20.6. The van der Waals surface area contributed by atoms with E-state index in [4.69, 9.17) is 9.47 Å². The fourth-order valence-electron chi connectivity index (χ4n) is 6.28. The normalized spacial score (nSPS) is 16.9. The minimum atomic E-state index is -0.587. The Labute approximate surface area is 252 Å². The topological polar surface area (TPSA) is 101 Å². The molecule has 4 aromatic rings. The van der Waals surface area contributed by atoms with E-state index < -0.39 is 5.60 Å². The molecule has 0 aliphatic carbocycles. The third-order valence-corrected chi connectivity index (χ3v) is 8.33. The second-order valence-corrected chi connectivity index (χ2v) is 12.6. The van der Waals surface area contributed by atoms with Crippen molar-refractivity contribution in [1.82, 2.24) is 24.8 Å². The molecule has 43 heavy (non-hydrogen) atoms. The van der Waals surface area contributed by atoms with Crippen molar-refractivity contribution < 1.29 is 19.1 Å². The fraction of sp³-hybridized carbons (Fsp3) is 0.412. The molecule has 1 fully saturated rings. The van der Waals surface area contributed by atoms with Gasteiger partial charge in [0.1, 0.15) is 11.2 Å². The summed E-state index contributed by atoms with van der Waals surface area (Å²) in [5, 5.41) is 1.09. The van der Waals surface area contributed by atoms with Crippen molar-refractivity contribution in [2.75, 3.05) is 20.2 Å². The lowest BCUT2D eigenvalue weighted by Crippen LogP contribution is -2.39. The molecule has 2 aliphatic rings. The summed E-state index contributed by atoms with van der Waals surface area (Å²) in [5.74, 6) is -0.0339. The van der Waals surface area contributed by atoms with Crippen molar-refractivity contribution in [1.29, 1.82) is 0 Å². The number of methoxy groups -OCH3 is 1. The second kappa shape index (κ2) is 11.4. The fourth-order valence-corrected chi connectivity index (χ4v) is 6.28. The van der Waals surface area contributed by atoms with Gasteiger partial charge in [0, 0.05) is 61.8 Å². The Bertz CT molecular complexity index is 1690. The number of ether oxygens (including phenoxy) is 2. The van der Waals surface area contributed by atoms with Crippen molar-refractivity contribution >= 4 is 23.0 Å². The third kappa shape index (κ3) is 5.86. The molecule has 1 saturated heterocycles. The zero-order valence-electron chi connectivity index (χ0n) is 25.6. The smallest absolute Gasteiger partial charge is 0.410 e. The summed E-state index contributed by atoms with van der Waals surface area (Å²) < 4.78 is 11.0. The van der Waals surface area contributed by atoms with Crippen molar-refractivity contribution in [2.24, 2.45) is 0 Å². The monoisotopic (exact) mass is 581 g/mol. The second-order valence-electron chi connectivity index (χ2n) is 12.6. The predicted molar refractivity (Wildman–Crippen MR) is 165 cm³/mol. The zero-order chi connectivity index (χ0) is 30.3. The number of aromatic amines is 1. The third-order valence-electron chi connectivity index (χ3n) is 8.33. The van der Waals surface area contributed by atoms with Gasteiger partial charge in [0.25, 0.3) is 5.91 Å². The minimum absolute atomic E-state index is 0.0339. The van der Waals surface area contributed by atoms with Crippen molar-refractivity contribution in [2.45, 2.75) is 71.8 Å². The minimum Gasteiger partial charge on any atom is -0.444 e. The van der Waals surface area contributed by atoms with Crippen LogP contribution >= 0.6 is 0 Å². The maximum atomic E-state index is 13.7. The van der Waals surface area contributed by atoms with Gasteiger partial charge < -0.3 is 24.3 Å². The predicted octanol–water partition coefficient (Wildman–Crippen LogP) is 6.35. The van der Waals surface area contributed by atoms with Gasteiger partial charge in [-0.2, -0.15) is 0 Å². The molecule has 5 heterocycles. The van der Waals surface area contributed by atoms with Crippen molar-refractivity contribution in [3.05, 3.63) is 82.4 Å². The molecule has 1 aromatic carbocycles. The molecule has 1 atom stereocenters. The van der Waals surface area contributed by atoms with Gasteiger partial charge in [-0.25, -0.2) is 9.78 Å². The summed E-state index contributed by atoms with van der Waals surface area (Å²) in [6, 6.07) is 10.0. The van der Waals surface area contributed by atoms with Crippen LogP contribution in [0.25, 0.3) is 22.2 Å². The lowest BCUT2D eigenvalue weighted by Gasteiger charge is -2.35. The van der Waals surface area contributed by atoms with Crippen LogP contribution in [0, 0.1) is 6.92 Å². The molecule has 2 aliphatic heterocycles. The lowest BCUT2D eigenvalue weighted by atomic mass is 9.86. The number of likely N-dealkylation sites (tertiary alicyclic amines) is 1. The van der Waals surface area contributed by atoms with E-state index in [0.29, 0.717) is 31.8 Å². The number of aromatic nitrogens is 3. The highest BCUT2D eigenvalue weighted by molar-refractivity contribution is 5.94. The Balaban J connectivity index is 1.40. The van der Waals surface area contributed by atoms with Crippen LogP contribution in [-0.2, 0) is 29.0 Å². The van der Waals surface area contributed by atoms with Gasteiger partial charge >= 0.3 is 6.09 Å². The Morgan fingerprint density at radius 1 is 1.09 bits per heavy atom. The van der Waals surface area contributed by atoms with Crippen LogP contribution in [0.1, 0.15) is 78.0 Å². The summed E-state index contributed by atoms with van der Waals surface area (Å²) in [6.07, 6.45) is 7.68. The number of rotatable bonds is 5. The zero-order valence-corrected chi connectivity index (χ0v) is 25.6. The number of pyridine rings is 2. The highest BCUT2D eigenvalue weighted by Crippen LogP contribution is 2.40. The van der Waals surface area contributed by atoms with Gasteiger partial charge in [-0.1, -0.05) is 6.07 Å². The average Bonchev–Trinajstić information content (AvgIpc) is 3.62. The van der Waals surface area contributed by atoms with Gasteiger partial charge in [-0.15, -0.1) is 0 Å². The van der Waals surface area contributed by atoms with E-state index in [1.54, 1.807) is 25.4 Å². The van der Waals surface area contributed by atoms with Gasteiger partial charge in [0.15, 0.2) is 0 Å². The van der Waals surface area contributed by atoms with E-state index in [1.807, 2.05) is 43.0 Å². The summed E-state index contributed by atoms with van der Waals surface area (Å²) in [6.45, 7) is 9.82. The molecular weight excluding hydrogens is 542 g/mol. The Morgan fingerprint density at radius 2 is 1.93 bits per heavy atom. The van der Waals surface area contributed by atoms with Gasteiger partial charge in [-0.3, -0.25) is 9.78 Å². The van der Waals surface area contributed by atoms with Crippen LogP contribution in [0.5, 0.6) is 0 Å². The van der Waals surface area contributed by atoms with E-state index in [-0.39, 0.29) is 18.0 Å². The quantitative estimate of drug-likeness (QED) is 0.295. The van der Waals surface area contributed by atoms with Crippen LogP contribution in [-0.4, -0.2) is 62.6 Å². The average molecular weight is 582 g/mol. The van der Waals surface area contributed by atoms with E-state index >= 15 is 0 Å². The molecule has 3 aromatic heterocycles. The highest BCUT2D eigenvalue weighted by atomic mass is 16.6. The summed E-state index contributed by atoms with van der Waals surface area (Å²) in [5.41, 5.74) is 8.23. The molecule has 2 amide bonds. The molecule has 0 spiro atoms. The number of H-pyrrole nitrogens is 1. The number of benzene rings is 1. The molecule has 0 bridgehead atoms. The molecule has 224 valence electrons. The molecule has 9 heteroatoms. The summed E-state index contributed by atoms with van der Waals surface area (Å²) >= 11 is 0. The van der Waals surface area contributed by atoms with Crippen molar-refractivity contribution in [3.63, 3.8) is 0 Å². The Morgan fingerprint density at radius 3 is 2.72 bits per heavy atom. The van der Waals surface area contributed by atoms with Gasteiger partial charge in [0.2, 0.25) is 0 Å². The van der Waals surface area contributed by atoms with Gasteiger partial charge in [0.05, 0.1) is 18.3 Å². The number of carbonyl (C=O) groups excluding carboxylic acids is 2. The number of nitrogens with zero attached hydrogens (tertiary/aromatic N) is 4. The summed E-state index contributed by atoms with van der Waals surface area (Å²) in [4.78, 5) is 43.1. The Kier molecular flexibility index (Phi) is 7.68. The van der Waals surface area contributed by atoms with E-state index in [2.05, 4.69) is 40.1 Å². The first kappa shape index (κ1) is 28.9. The molecule has 6 rings (SSSR count). The molecule has 1 unspecified atom stereocenters. The van der Waals surface area contributed by atoms with E-state index in [1.165, 1.54) is 5.56 Å². The van der Waals surface area contributed by atoms with Crippen LogP contribution in [0.2, 0.25) is 0 Å². The maximum Gasteiger partial charge on any atom is 0.410 e. The van der Waals surface area contributed by atoms with Crippen molar-refractivity contribution in [3.8, 4) is 11.1 Å². The molecular formula is C34H39N5O4. The standard InChI is InChI=1S/C34H39N5O4/c1-21-17-36-31-27(21)16-25(18-37-31)24-13-22-9-12-38(32(40)23-8-10-35-26(14-23)20-42-5)19-29(22)28(15-24)30-7-6-11-39(30)33(41)43-34(2,3)4/h8,10,13-18,30H,6-7,9,11-12,19-20H2,1-5H3,(H,36,37). The number of amides is 2. The Hall–Kier alpha value is -4.24. The largest absolute Gasteiger partial charge is 0.444 e. The number of hydrogen-bond donors (Lipinski definition) is 1. The number of nitrogens with one attached hydrogen (secondary N) is 1.